The number of nitrogens with one attached hydrogen (secondary N) is 2. The fourth-order valence-electron chi connectivity index (χ4n) is 1.26. The fraction of sp³-hybridized carbons (Fsp3) is 0.700. The Hall–Kier alpha value is -0.610. The van der Waals surface area contributed by atoms with Crippen molar-refractivity contribution in [1.29, 1.82) is 0 Å². The lowest BCUT2D eigenvalue weighted by molar-refractivity contribution is 0.526. The molecule has 3 nitrogen and oxygen atoms in total. The van der Waals surface area contributed by atoms with Crippen LogP contribution >= 0.6 is 11.3 Å². The number of hydrogen-bond acceptors (Lipinski definition) is 3. The maximum atomic E-state index is 10.8. The molecule has 1 aromatic heterocycles. The first-order valence-corrected chi connectivity index (χ1v) is 5.94. The SMILES string of the molecule is CC(C)CCCNCc1csc(=O)[nH]1. The fourth-order valence-corrected chi connectivity index (χ4v) is 1.84. The highest BCUT2D eigenvalue weighted by molar-refractivity contribution is 7.07. The molecule has 14 heavy (non-hydrogen) atoms. The largest absolute Gasteiger partial charge is 0.315 e. The molecule has 0 aliphatic carbocycles. The first-order valence-electron chi connectivity index (χ1n) is 5.06. The van der Waals surface area contributed by atoms with Crippen molar-refractivity contribution in [2.75, 3.05) is 6.54 Å². The maximum absolute atomic E-state index is 10.8. The van der Waals surface area contributed by atoms with Gasteiger partial charge >= 0.3 is 4.87 Å². The molecule has 0 atom stereocenters. The lowest BCUT2D eigenvalue weighted by Crippen LogP contribution is -2.16. The van der Waals surface area contributed by atoms with E-state index < -0.39 is 0 Å². The summed E-state index contributed by atoms with van der Waals surface area (Å²) in [5.74, 6) is 0.776. The van der Waals surface area contributed by atoms with Crippen molar-refractivity contribution in [3.05, 3.63) is 20.7 Å². The summed E-state index contributed by atoms with van der Waals surface area (Å²) in [6.07, 6.45) is 2.46. The molecule has 0 radical (unpaired) electrons. The van der Waals surface area contributed by atoms with Crippen molar-refractivity contribution in [3.63, 3.8) is 0 Å². The van der Waals surface area contributed by atoms with Gasteiger partial charge in [0.2, 0.25) is 0 Å². The Kier molecular flexibility index (Phi) is 4.90. The highest BCUT2D eigenvalue weighted by Gasteiger charge is 1.96. The normalized spacial score (nSPS) is 11.1. The van der Waals surface area contributed by atoms with E-state index in [2.05, 4.69) is 24.1 Å². The predicted molar refractivity (Wildman–Crippen MR) is 60.7 cm³/mol. The molecule has 0 fully saturated rings. The second-order valence-electron chi connectivity index (χ2n) is 3.89. The van der Waals surface area contributed by atoms with Crippen LogP contribution in [0.15, 0.2) is 10.2 Å². The van der Waals surface area contributed by atoms with Crippen molar-refractivity contribution >= 4 is 11.3 Å². The minimum absolute atomic E-state index is 0.0315. The Morgan fingerprint density at radius 3 is 2.93 bits per heavy atom. The third-order valence-corrected chi connectivity index (χ3v) is 2.74. The van der Waals surface area contributed by atoms with Crippen LogP contribution in [0.1, 0.15) is 32.4 Å². The second-order valence-corrected chi connectivity index (χ2v) is 4.73. The highest BCUT2D eigenvalue weighted by Crippen LogP contribution is 2.02. The lowest BCUT2D eigenvalue weighted by atomic mass is 10.1. The van der Waals surface area contributed by atoms with Crippen molar-refractivity contribution in [2.24, 2.45) is 5.92 Å². The van der Waals surface area contributed by atoms with E-state index in [0.717, 1.165) is 24.7 Å². The molecule has 0 saturated heterocycles. The molecule has 0 spiro atoms. The molecule has 0 bridgehead atoms. The Labute approximate surface area is 88.6 Å². The van der Waals surface area contributed by atoms with Crippen molar-refractivity contribution in [1.82, 2.24) is 10.3 Å². The topological polar surface area (TPSA) is 44.9 Å². The Balaban J connectivity index is 2.07. The first kappa shape index (κ1) is 11.5. The van der Waals surface area contributed by atoms with Gasteiger partial charge < -0.3 is 10.3 Å². The van der Waals surface area contributed by atoms with Gasteiger partial charge in [0.15, 0.2) is 0 Å². The average molecular weight is 214 g/mol. The van der Waals surface area contributed by atoms with Crippen LogP contribution in [0, 0.1) is 5.92 Å². The zero-order valence-corrected chi connectivity index (χ0v) is 9.62. The molecule has 0 aromatic carbocycles. The summed E-state index contributed by atoms with van der Waals surface area (Å²) in [5, 5.41) is 5.18. The molecular weight excluding hydrogens is 196 g/mol. The minimum Gasteiger partial charge on any atom is -0.315 e. The summed E-state index contributed by atoms with van der Waals surface area (Å²) in [7, 11) is 0. The number of thiazole rings is 1. The molecule has 1 heterocycles. The van der Waals surface area contributed by atoms with Crippen LogP contribution in [0.4, 0.5) is 0 Å². The zero-order valence-electron chi connectivity index (χ0n) is 8.80. The van der Waals surface area contributed by atoms with Crippen LogP contribution in [0.3, 0.4) is 0 Å². The van der Waals surface area contributed by atoms with Gasteiger partial charge in [0.25, 0.3) is 0 Å². The zero-order chi connectivity index (χ0) is 10.4. The van der Waals surface area contributed by atoms with Crippen molar-refractivity contribution < 1.29 is 0 Å². The molecule has 1 rings (SSSR count). The molecule has 0 amide bonds. The third kappa shape index (κ3) is 4.58. The molecule has 0 saturated carbocycles. The molecule has 1 aromatic rings. The van der Waals surface area contributed by atoms with Crippen LogP contribution < -0.4 is 10.2 Å². The Bertz CT molecular complexity index is 303. The van der Waals surface area contributed by atoms with Gasteiger partial charge in [0.1, 0.15) is 0 Å². The molecule has 4 heteroatoms. The number of aromatic nitrogens is 1. The van der Waals surface area contributed by atoms with E-state index in [9.17, 15) is 4.79 Å². The standard InChI is InChI=1S/C10H18N2OS/c1-8(2)4-3-5-11-6-9-7-14-10(13)12-9/h7-8,11H,3-6H2,1-2H3,(H,12,13). The van der Waals surface area contributed by atoms with E-state index in [0.29, 0.717) is 0 Å². The van der Waals surface area contributed by atoms with E-state index in [1.807, 2.05) is 5.38 Å². The van der Waals surface area contributed by atoms with Gasteiger partial charge in [-0.15, -0.1) is 0 Å². The lowest BCUT2D eigenvalue weighted by Gasteiger charge is -2.05. The van der Waals surface area contributed by atoms with Gasteiger partial charge in [-0.25, -0.2) is 0 Å². The van der Waals surface area contributed by atoms with Crippen LogP contribution in [0.5, 0.6) is 0 Å². The van der Waals surface area contributed by atoms with Crippen molar-refractivity contribution in [3.8, 4) is 0 Å². The first-order chi connectivity index (χ1) is 6.68. The molecule has 0 aliphatic heterocycles. The van der Waals surface area contributed by atoms with E-state index in [-0.39, 0.29) is 4.87 Å². The Morgan fingerprint density at radius 2 is 2.36 bits per heavy atom. The summed E-state index contributed by atoms with van der Waals surface area (Å²) in [4.78, 5) is 13.6. The number of H-pyrrole nitrogens is 1. The van der Waals surface area contributed by atoms with Gasteiger partial charge in [-0.2, -0.15) is 0 Å². The van der Waals surface area contributed by atoms with Crippen LogP contribution in [-0.2, 0) is 6.54 Å². The summed E-state index contributed by atoms with van der Waals surface area (Å²) in [6.45, 7) is 6.26. The van der Waals surface area contributed by atoms with Gasteiger partial charge in [0.05, 0.1) is 0 Å². The quantitative estimate of drug-likeness (QED) is 0.711. The molecule has 2 N–H and O–H groups in total. The Morgan fingerprint density at radius 1 is 1.57 bits per heavy atom. The molecule has 80 valence electrons. The van der Waals surface area contributed by atoms with E-state index in [4.69, 9.17) is 0 Å². The van der Waals surface area contributed by atoms with E-state index >= 15 is 0 Å². The summed E-state index contributed by atoms with van der Waals surface area (Å²) >= 11 is 1.22. The summed E-state index contributed by atoms with van der Waals surface area (Å²) in [6, 6.07) is 0. The predicted octanol–water partition coefficient (Wildman–Crippen LogP) is 1.96. The average Bonchev–Trinajstić information content (AvgIpc) is 2.50. The van der Waals surface area contributed by atoms with Gasteiger partial charge in [-0.3, -0.25) is 4.79 Å². The molecule has 0 aliphatic rings. The smallest absolute Gasteiger partial charge is 0.304 e. The van der Waals surface area contributed by atoms with Crippen molar-refractivity contribution in [2.45, 2.75) is 33.2 Å². The van der Waals surface area contributed by atoms with E-state index in [1.54, 1.807) is 0 Å². The highest BCUT2D eigenvalue weighted by atomic mass is 32.1. The number of hydrogen-bond donors (Lipinski definition) is 2. The minimum atomic E-state index is 0.0315. The van der Waals surface area contributed by atoms with Crippen LogP contribution in [0.25, 0.3) is 0 Å². The maximum Gasteiger partial charge on any atom is 0.304 e. The van der Waals surface area contributed by atoms with Gasteiger partial charge in [0, 0.05) is 17.6 Å². The monoisotopic (exact) mass is 214 g/mol. The number of aromatic amines is 1. The summed E-state index contributed by atoms with van der Waals surface area (Å²) < 4.78 is 0. The van der Waals surface area contributed by atoms with Crippen LogP contribution in [0.2, 0.25) is 0 Å². The molecule has 0 unspecified atom stereocenters. The van der Waals surface area contributed by atoms with Crippen LogP contribution in [-0.4, -0.2) is 11.5 Å². The third-order valence-electron chi connectivity index (χ3n) is 2.02. The van der Waals surface area contributed by atoms with Gasteiger partial charge in [-0.1, -0.05) is 25.2 Å². The molecular formula is C10H18N2OS. The van der Waals surface area contributed by atoms with E-state index in [1.165, 1.54) is 24.2 Å². The number of rotatable bonds is 6. The van der Waals surface area contributed by atoms with Gasteiger partial charge in [-0.05, 0) is 25.3 Å². The second kappa shape index (κ2) is 5.98. The summed E-state index contributed by atoms with van der Waals surface area (Å²) in [5.41, 5.74) is 0.990.